The van der Waals surface area contributed by atoms with E-state index < -0.39 is 19.7 Å². The minimum atomic E-state index is -1.28. The molecule has 6 aromatic heterocycles. The number of nitrogens with one attached hydrogen (secondary N) is 3. The zero-order chi connectivity index (χ0) is 72.3. The summed E-state index contributed by atoms with van der Waals surface area (Å²) in [5.41, 5.74) is 15.7. The van der Waals surface area contributed by atoms with Gasteiger partial charge >= 0.3 is 0 Å². The van der Waals surface area contributed by atoms with Crippen LogP contribution in [-0.4, -0.2) is 180 Å². The molecule has 0 atom stereocenters. The number of amides is 2. The molecule has 4 saturated heterocycles. The Bertz CT molecular complexity index is 4940. The number of ether oxygens (including phenoxy) is 3. The topological polar surface area (TPSA) is 203 Å². The second-order valence-corrected chi connectivity index (χ2v) is 38.3. The number of anilines is 8. The highest BCUT2D eigenvalue weighted by atomic mass is 32.1. The number of aryl methyl sites for hydroxylation is 2. The molecule has 18 rings (SSSR count). The van der Waals surface area contributed by atoms with Gasteiger partial charge in [-0.05, 0) is 189 Å². The van der Waals surface area contributed by atoms with Gasteiger partial charge in [0.05, 0.1) is 72.3 Å². The van der Waals surface area contributed by atoms with Crippen LogP contribution in [0.15, 0.2) is 85.5 Å². The molecule has 3 N–H and O–H groups in total. The molecular weight excluding hydrogens is 1420 g/mol. The summed E-state index contributed by atoms with van der Waals surface area (Å²) in [6.07, 6.45) is 14.9. The number of nitrogens with zero attached hydrogens (tertiary/aromatic N) is 13. The molecule has 4 aromatic carbocycles. The van der Waals surface area contributed by atoms with Gasteiger partial charge in [-0.2, -0.15) is 0 Å². The Morgan fingerprint density at radius 2 is 1.06 bits per heavy atom. The third-order valence-corrected chi connectivity index (χ3v) is 27.0. The summed E-state index contributed by atoms with van der Waals surface area (Å²) >= 11 is 3.29. The maximum atomic E-state index is 15.9. The molecule has 4 fully saturated rings. The monoisotopic (exact) mass is 1520 g/mol. The van der Waals surface area contributed by atoms with E-state index in [-0.39, 0.29) is 33.4 Å². The Morgan fingerprint density at radius 3 is 1.54 bits per heavy atom. The SMILES string of the molecule is C.C.CCc1c(-c2nc(Nc3ccc(N4CCN(C5COC5)CC4)cc3)c3[nH]cnc3n2)cc(F)cc1N1CCc2c(sc3c2CCCC3)C1=O.CCc1c(-c2nc(Nc3ccc(N4CCN(C5COC5)CC4)cc3)c3ncn(COCC[Si](C)(C)C)c3n2)cc(F)cc1N1CCc2c(sc3c2CCCC3)C1=O. The average molecular weight is 1520 g/mol. The van der Waals surface area contributed by atoms with Crippen LogP contribution in [0.2, 0.25) is 25.7 Å². The summed E-state index contributed by atoms with van der Waals surface area (Å²) in [5, 5.41) is 7.00. The van der Waals surface area contributed by atoms with E-state index in [0.29, 0.717) is 113 Å². The van der Waals surface area contributed by atoms with Crippen molar-refractivity contribution >= 4 is 111 Å². The van der Waals surface area contributed by atoms with Crippen molar-refractivity contribution in [3.05, 3.63) is 150 Å². The van der Waals surface area contributed by atoms with Crippen molar-refractivity contribution in [3.8, 4) is 22.8 Å². The highest BCUT2D eigenvalue weighted by Crippen LogP contribution is 2.44. The van der Waals surface area contributed by atoms with Crippen LogP contribution in [0.5, 0.6) is 0 Å². The molecule has 6 aliphatic heterocycles. The molecule has 0 bridgehead atoms. The standard InChI is InChI=1S/C43H53FN8O3SSi.C37H39FN8O2S.2CH4/c1-5-32-35(22-28(44)23-36(32)52-15-14-34-33-8-6-7-9-37(33)56-39(34)43(52)53)40-47-41(38-42(48-40)51(26-45-38)27-54-20-21-57(2,3)4)46-29-10-12-30(13-11-29)49-16-18-50(19-17-49)31-24-55-25-31;1-2-26-29(17-22(38)18-30(26)46-12-11-28-27-5-3-4-6-31(27)49-33(28)37(46)47)34-42-35-32(39-21-40-35)36(43-34)41-23-7-9-24(10-8-23)44-13-15-45(16-14-44)25-19-48-20-25;;/h10-13,22-23,26,31H,5-9,14-21,24-25,27H2,1-4H3,(H,46,47,48);7-10,17-18,21,25H,2-6,11-16,19-20H2,1H3,(H2,39,40,41,42,43);2*1H4. The quantitative estimate of drug-likeness (QED) is 0.0509. The van der Waals surface area contributed by atoms with Crippen LogP contribution in [0.25, 0.3) is 45.1 Å². The fourth-order valence-electron chi connectivity index (χ4n) is 16.5. The molecule has 0 unspecified atom stereocenters. The van der Waals surface area contributed by atoms with Crippen molar-refractivity contribution in [2.45, 2.75) is 150 Å². The fourth-order valence-corrected chi connectivity index (χ4v) is 20.1. The van der Waals surface area contributed by atoms with Gasteiger partial charge in [0.25, 0.3) is 11.8 Å². The van der Waals surface area contributed by atoms with Crippen molar-refractivity contribution in [3.63, 3.8) is 0 Å². The molecule has 10 aromatic rings. The molecule has 8 aliphatic rings. The molecule has 0 spiro atoms. The number of halogens is 2. The van der Waals surface area contributed by atoms with E-state index in [0.717, 1.165) is 156 Å². The van der Waals surface area contributed by atoms with Crippen molar-refractivity contribution in [1.82, 2.24) is 49.3 Å². The summed E-state index contributed by atoms with van der Waals surface area (Å²) in [7, 11) is -1.28. The van der Waals surface area contributed by atoms with Gasteiger partial charge < -0.3 is 49.4 Å². The minimum absolute atomic E-state index is 0. The minimum Gasteiger partial charge on any atom is -0.378 e. The lowest BCUT2D eigenvalue weighted by molar-refractivity contribution is -0.0660. The summed E-state index contributed by atoms with van der Waals surface area (Å²) in [5.74, 6) is 0.887. The van der Waals surface area contributed by atoms with Crippen molar-refractivity contribution in [2.75, 3.05) is 129 Å². The molecule has 12 heterocycles. The number of piperazine rings is 2. The van der Waals surface area contributed by atoms with E-state index in [9.17, 15) is 9.59 Å². The second kappa shape index (κ2) is 31.8. The molecule has 2 amide bonds. The first-order valence-electron chi connectivity index (χ1n) is 38.1. The number of aromatic nitrogens is 8. The largest absolute Gasteiger partial charge is 0.378 e. The Hall–Kier alpha value is -8.60. The molecule has 0 radical (unpaired) electrons. The fraction of sp³-hybridized carbons (Fsp3) is 0.463. The van der Waals surface area contributed by atoms with Gasteiger partial charge in [-0.1, -0.05) is 48.3 Å². The summed E-state index contributed by atoms with van der Waals surface area (Å²) in [6, 6.07) is 25.0. The van der Waals surface area contributed by atoms with E-state index in [1.165, 1.54) is 93.3 Å². The van der Waals surface area contributed by atoms with Crippen LogP contribution in [0.4, 0.5) is 54.5 Å². The smallest absolute Gasteiger partial charge is 0.268 e. The molecular formula is C82H100F2N16O5S2Si. The van der Waals surface area contributed by atoms with Crippen LogP contribution in [0, 0.1) is 11.6 Å². The van der Waals surface area contributed by atoms with Crippen LogP contribution in [0.3, 0.4) is 0 Å². The van der Waals surface area contributed by atoms with Gasteiger partial charge in [0.1, 0.15) is 23.9 Å². The van der Waals surface area contributed by atoms with E-state index in [2.05, 4.69) is 108 Å². The predicted octanol–water partition coefficient (Wildman–Crippen LogP) is 15.3. The highest BCUT2D eigenvalue weighted by Gasteiger charge is 2.38. The second-order valence-electron chi connectivity index (χ2n) is 30.5. The van der Waals surface area contributed by atoms with Crippen molar-refractivity contribution in [1.29, 1.82) is 0 Å². The summed E-state index contributed by atoms with van der Waals surface area (Å²) in [4.78, 5) is 78.2. The van der Waals surface area contributed by atoms with Crippen molar-refractivity contribution in [2.24, 2.45) is 0 Å². The van der Waals surface area contributed by atoms with Crippen molar-refractivity contribution < 1.29 is 32.6 Å². The first-order valence-corrected chi connectivity index (χ1v) is 43.5. The van der Waals surface area contributed by atoms with E-state index in [1.54, 1.807) is 45.1 Å². The Labute approximate surface area is 640 Å². The number of aromatic amines is 1. The predicted molar refractivity (Wildman–Crippen MR) is 433 cm³/mol. The van der Waals surface area contributed by atoms with Crippen LogP contribution in [0.1, 0.15) is 117 Å². The highest BCUT2D eigenvalue weighted by molar-refractivity contribution is 7.15. The maximum Gasteiger partial charge on any atom is 0.268 e. The number of imidazole rings is 2. The Kier molecular flexibility index (Phi) is 22.0. The zero-order valence-corrected chi connectivity index (χ0v) is 63.8. The number of rotatable bonds is 19. The van der Waals surface area contributed by atoms with Crippen LogP contribution in [-0.2, 0) is 72.3 Å². The first kappa shape index (κ1) is 74.8. The van der Waals surface area contributed by atoms with E-state index >= 15 is 8.78 Å². The molecule has 108 heavy (non-hydrogen) atoms. The lowest BCUT2D eigenvalue weighted by atomic mass is 9.91. The number of hydrogen-bond acceptors (Lipinski definition) is 19. The first-order chi connectivity index (χ1) is 51.7. The molecule has 0 saturated carbocycles. The summed E-state index contributed by atoms with van der Waals surface area (Å²) < 4.78 is 50.3. The number of thiophene rings is 2. The number of hydrogen-bond donors (Lipinski definition) is 3. The van der Waals surface area contributed by atoms with E-state index in [4.69, 9.17) is 39.1 Å². The van der Waals surface area contributed by atoms with Gasteiger partial charge in [-0.15, -0.1) is 22.7 Å². The third-order valence-electron chi connectivity index (χ3n) is 22.6. The number of H-pyrrole nitrogens is 1. The lowest BCUT2D eigenvalue weighted by Gasteiger charge is -2.43. The number of benzene rings is 4. The maximum absolute atomic E-state index is 15.9. The van der Waals surface area contributed by atoms with Gasteiger partial charge in [-0.25, -0.2) is 38.7 Å². The van der Waals surface area contributed by atoms with Gasteiger partial charge in [0.2, 0.25) is 0 Å². The summed E-state index contributed by atoms with van der Waals surface area (Å²) in [6.45, 7) is 24.5. The normalized spacial score (nSPS) is 17.8. The zero-order valence-electron chi connectivity index (χ0n) is 61.2. The lowest BCUT2D eigenvalue weighted by Crippen LogP contribution is -2.56. The number of carbonyl (C=O) groups excluding carboxylic acids is 2. The van der Waals surface area contributed by atoms with Gasteiger partial charge in [0.15, 0.2) is 40.1 Å². The van der Waals surface area contributed by atoms with E-state index in [1.807, 2.05) is 18.4 Å². The molecule has 26 heteroatoms. The van der Waals surface area contributed by atoms with Crippen LogP contribution < -0.4 is 30.2 Å². The van der Waals surface area contributed by atoms with Gasteiger partial charge in [0, 0.05) is 124 Å². The third kappa shape index (κ3) is 14.9. The molecule has 568 valence electrons. The number of fused-ring (bicyclic) bond motifs is 8. The average Bonchev–Trinajstić information content (AvgIpc) is 1.54. The molecule has 2 aliphatic carbocycles. The number of carbonyl (C=O) groups is 2. The Morgan fingerprint density at radius 1 is 0.574 bits per heavy atom. The Balaban J connectivity index is 0.000000171. The molecule has 21 nitrogen and oxygen atoms in total. The van der Waals surface area contributed by atoms with Crippen LogP contribution >= 0.6 is 22.7 Å². The van der Waals surface area contributed by atoms with Gasteiger partial charge in [-0.3, -0.25) is 24.0 Å².